The molecule has 0 aliphatic carbocycles. The van der Waals surface area contributed by atoms with Gasteiger partial charge < -0.3 is 4.84 Å². The van der Waals surface area contributed by atoms with E-state index in [9.17, 15) is 31.8 Å². The highest BCUT2D eigenvalue weighted by atomic mass is 35.5. The van der Waals surface area contributed by atoms with Crippen LogP contribution in [-0.4, -0.2) is 33.0 Å². The molecular formula is C23H19Cl2F4N3O3S. The Bertz CT molecular complexity index is 1430. The topological polar surface area (TPSA) is 91.9 Å². The third-order valence-corrected chi connectivity index (χ3v) is 8.95. The van der Waals surface area contributed by atoms with Crippen LogP contribution in [0.3, 0.4) is 0 Å². The lowest BCUT2D eigenvalue weighted by Gasteiger charge is -2.29. The van der Waals surface area contributed by atoms with Gasteiger partial charge in [0.05, 0.1) is 31.6 Å². The van der Waals surface area contributed by atoms with Gasteiger partial charge in [-0.3, -0.25) is 4.79 Å². The van der Waals surface area contributed by atoms with Gasteiger partial charge >= 0.3 is 6.18 Å². The maximum absolute atomic E-state index is 14.2. The van der Waals surface area contributed by atoms with Gasteiger partial charge in [0.1, 0.15) is 4.75 Å². The van der Waals surface area contributed by atoms with Crippen molar-refractivity contribution in [1.82, 2.24) is 0 Å². The number of hydrogen-bond donors (Lipinski definition) is 0. The van der Waals surface area contributed by atoms with Gasteiger partial charge in [-0.1, -0.05) is 34.4 Å². The number of amides is 1. The number of nitriles is 1. The van der Waals surface area contributed by atoms with Crippen molar-refractivity contribution >= 4 is 44.5 Å². The molecule has 2 aromatic rings. The summed E-state index contributed by atoms with van der Waals surface area (Å²) in [5.74, 6) is -1.89. The number of oxime groups is 1. The van der Waals surface area contributed by atoms with Crippen LogP contribution in [0.5, 0.6) is 0 Å². The van der Waals surface area contributed by atoms with Crippen molar-refractivity contribution < 1.29 is 31.4 Å². The Kier molecular flexibility index (Phi) is 7.22. The zero-order valence-electron chi connectivity index (χ0n) is 19.3. The molecule has 2 aromatic carbocycles. The number of aryl methyl sites for hydroxylation is 1. The number of rotatable bonds is 4. The predicted octanol–water partition coefficient (Wildman–Crippen LogP) is 6.56. The summed E-state index contributed by atoms with van der Waals surface area (Å²) in [6.45, 7) is 4.31. The summed E-state index contributed by atoms with van der Waals surface area (Å²) in [5, 5.41) is 11.6. The average molecular weight is 564 g/mol. The fraction of sp³-hybridized carbons (Fsp3) is 0.348. The summed E-state index contributed by atoms with van der Waals surface area (Å²) in [6.07, 6.45) is -4.54. The van der Waals surface area contributed by atoms with Gasteiger partial charge in [0.25, 0.3) is 11.5 Å². The van der Waals surface area contributed by atoms with Crippen molar-refractivity contribution in [3.63, 3.8) is 0 Å². The monoisotopic (exact) mass is 563 g/mol. The molecule has 0 saturated heterocycles. The van der Waals surface area contributed by atoms with Crippen LogP contribution < -0.4 is 0 Å². The molecular weight excluding hydrogens is 545 g/mol. The van der Waals surface area contributed by atoms with E-state index in [2.05, 4.69) is 9.52 Å². The summed E-state index contributed by atoms with van der Waals surface area (Å²) >= 11 is 11.4. The van der Waals surface area contributed by atoms with Crippen LogP contribution in [0.2, 0.25) is 10.0 Å². The Balaban J connectivity index is 1.98. The molecule has 192 valence electrons. The Morgan fingerprint density at radius 2 is 1.81 bits per heavy atom. The minimum Gasteiger partial charge on any atom is -0.374 e. The number of halogens is 6. The van der Waals surface area contributed by atoms with E-state index >= 15 is 0 Å². The lowest BCUT2D eigenvalue weighted by atomic mass is 9.86. The third kappa shape index (κ3) is 4.82. The molecule has 1 aliphatic heterocycles. The second-order valence-corrected chi connectivity index (χ2v) is 12.4. The SMILES string of the molecule is Cc1cc(C2=NOC(c3cc(Cl)c(F)c(Cl)c3)(C(F)(F)F)C2)ccc1C(=O)N=S(C)(=O)C(C)(C)C#N. The Morgan fingerprint density at radius 3 is 2.31 bits per heavy atom. The van der Waals surface area contributed by atoms with Crippen LogP contribution in [0, 0.1) is 24.1 Å². The first-order valence-corrected chi connectivity index (χ1v) is 12.9. The highest BCUT2D eigenvalue weighted by molar-refractivity contribution is 7.94. The van der Waals surface area contributed by atoms with Crippen molar-refractivity contribution in [3.05, 3.63) is 68.4 Å². The number of benzene rings is 2. The van der Waals surface area contributed by atoms with E-state index in [1.54, 1.807) is 0 Å². The third-order valence-electron chi connectivity index (χ3n) is 5.90. The summed E-state index contributed by atoms with van der Waals surface area (Å²) in [7, 11) is -3.23. The number of nitrogens with zero attached hydrogens (tertiary/aromatic N) is 3. The fourth-order valence-electron chi connectivity index (χ4n) is 3.34. The highest BCUT2D eigenvalue weighted by Gasteiger charge is 2.62. The molecule has 3 rings (SSSR count). The molecule has 2 atom stereocenters. The second-order valence-electron chi connectivity index (χ2n) is 8.74. The fourth-order valence-corrected chi connectivity index (χ4v) is 4.64. The molecule has 1 heterocycles. The molecule has 36 heavy (non-hydrogen) atoms. The van der Waals surface area contributed by atoms with Gasteiger partial charge in [0.2, 0.25) is 0 Å². The van der Waals surface area contributed by atoms with E-state index < -0.39 is 60.0 Å². The van der Waals surface area contributed by atoms with Crippen LogP contribution >= 0.6 is 23.2 Å². The molecule has 0 aromatic heterocycles. The molecule has 2 unspecified atom stereocenters. The van der Waals surface area contributed by atoms with E-state index in [4.69, 9.17) is 28.0 Å². The van der Waals surface area contributed by atoms with Crippen molar-refractivity contribution in [3.8, 4) is 6.07 Å². The molecule has 0 fully saturated rings. The molecule has 0 spiro atoms. The zero-order chi connectivity index (χ0) is 27.3. The van der Waals surface area contributed by atoms with Gasteiger partial charge in [0, 0.05) is 23.8 Å². The summed E-state index contributed by atoms with van der Waals surface area (Å²) in [4.78, 5) is 17.6. The lowest BCUT2D eigenvalue weighted by molar-refractivity contribution is -0.275. The largest absolute Gasteiger partial charge is 0.435 e. The predicted molar refractivity (Wildman–Crippen MR) is 128 cm³/mol. The molecule has 0 radical (unpaired) electrons. The number of carbonyl (C=O) groups is 1. The van der Waals surface area contributed by atoms with Gasteiger partial charge in [-0.25, -0.2) is 8.60 Å². The van der Waals surface area contributed by atoms with Crippen LogP contribution in [0.4, 0.5) is 17.6 Å². The highest BCUT2D eigenvalue weighted by Crippen LogP contribution is 2.50. The first-order valence-electron chi connectivity index (χ1n) is 10.2. The molecule has 1 aliphatic rings. The van der Waals surface area contributed by atoms with Gasteiger partial charge in [0.15, 0.2) is 5.82 Å². The van der Waals surface area contributed by atoms with Crippen molar-refractivity contribution in [2.75, 3.05) is 6.26 Å². The van der Waals surface area contributed by atoms with E-state index in [-0.39, 0.29) is 16.8 Å². The molecule has 1 amide bonds. The molecule has 0 bridgehead atoms. The van der Waals surface area contributed by atoms with Crippen LogP contribution in [-0.2, 0) is 20.2 Å². The molecule has 6 nitrogen and oxygen atoms in total. The summed E-state index contributed by atoms with van der Waals surface area (Å²) in [5.41, 5.74) is -2.97. The van der Waals surface area contributed by atoms with Gasteiger partial charge in [-0.15, -0.1) is 0 Å². The standard InChI is InChI=1S/C23H19Cl2F4N3O3S/c1-12-7-13(5-6-15(12)20(33)32-36(4,34)21(2,3)11-30)18-10-22(35-31-18,23(27,28)29)14-8-16(24)19(26)17(25)9-14/h5-9H,10H2,1-4H3. The molecule has 0 saturated carbocycles. The maximum Gasteiger partial charge on any atom is 0.435 e. The van der Waals surface area contributed by atoms with Gasteiger partial charge in [-0.05, 0) is 56.2 Å². The average Bonchev–Trinajstić information content (AvgIpc) is 3.23. The smallest absolute Gasteiger partial charge is 0.374 e. The minimum absolute atomic E-state index is 0.0563. The van der Waals surface area contributed by atoms with E-state index in [0.29, 0.717) is 5.56 Å². The number of carbonyl (C=O) groups excluding carboxylic acids is 1. The van der Waals surface area contributed by atoms with Crippen LogP contribution in [0.25, 0.3) is 0 Å². The molecule has 13 heteroatoms. The van der Waals surface area contributed by atoms with Crippen molar-refractivity contribution in [2.45, 2.75) is 43.7 Å². The van der Waals surface area contributed by atoms with Crippen molar-refractivity contribution in [2.24, 2.45) is 9.52 Å². The van der Waals surface area contributed by atoms with E-state index in [0.717, 1.165) is 12.1 Å². The van der Waals surface area contributed by atoms with E-state index in [1.165, 1.54) is 45.2 Å². The zero-order valence-corrected chi connectivity index (χ0v) is 21.7. The summed E-state index contributed by atoms with van der Waals surface area (Å²) in [6, 6.07) is 7.51. The Labute approximate surface area is 215 Å². The Morgan fingerprint density at radius 1 is 1.22 bits per heavy atom. The maximum atomic E-state index is 14.2. The van der Waals surface area contributed by atoms with Gasteiger partial charge in [-0.2, -0.15) is 22.8 Å². The number of alkyl halides is 3. The first kappa shape index (κ1) is 27.9. The Hall–Kier alpha value is -2.68. The normalized spacial score (nSPS) is 19.6. The number of hydrogen-bond acceptors (Lipinski definition) is 5. The summed E-state index contributed by atoms with van der Waals surface area (Å²) < 4.78 is 71.5. The van der Waals surface area contributed by atoms with Crippen LogP contribution in [0.1, 0.15) is 47.3 Å². The lowest BCUT2D eigenvalue weighted by Crippen LogP contribution is -2.42. The quantitative estimate of drug-likeness (QED) is 0.311. The van der Waals surface area contributed by atoms with Crippen LogP contribution in [0.15, 0.2) is 39.9 Å². The molecule has 0 N–H and O–H groups in total. The van der Waals surface area contributed by atoms with E-state index in [1.807, 2.05) is 6.07 Å². The first-order chi connectivity index (χ1) is 16.5. The van der Waals surface area contributed by atoms with Crippen molar-refractivity contribution in [1.29, 1.82) is 5.26 Å². The minimum atomic E-state index is -4.97. The second kappa shape index (κ2) is 9.32.